The minimum Gasteiger partial charge on any atom is -0.311 e. The summed E-state index contributed by atoms with van der Waals surface area (Å²) in [6.45, 7) is 12.4. The number of piperazine rings is 1. The van der Waals surface area contributed by atoms with Gasteiger partial charge in [-0.3, -0.25) is 4.90 Å². The molecule has 1 fully saturated rings. The van der Waals surface area contributed by atoms with Crippen LogP contribution in [0.2, 0.25) is 0 Å². The number of hydrogen-bond acceptors (Lipinski definition) is 2. The van der Waals surface area contributed by atoms with E-state index in [2.05, 4.69) is 62.2 Å². The number of hydrogen-bond donors (Lipinski definition) is 1. The van der Waals surface area contributed by atoms with E-state index in [9.17, 15) is 0 Å². The predicted molar refractivity (Wildman–Crippen MR) is 77.7 cm³/mol. The lowest BCUT2D eigenvalue weighted by Crippen LogP contribution is -2.61. The standard InChI is InChI=1S/C16H26N2/c1-5-16(4)12-17-14(3)10-18(16)11-15-8-6-13(2)7-9-15/h6-9,14,17H,5,10-12H2,1-4H3. The molecule has 1 N–H and O–H groups in total. The Morgan fingerprint density at radius 2 is 2.00 bits per heavy atom. The van der Waals surface area contributed by atoms with Crippen LogP contribution < -0.4 is 5.32 Å². The van der Waals surface area contributed by atoms with Crippen molar-refractivity contribution in [2.24, 2.45) is 0 Å². The zero-order chi connectivity index (χ0) is 13.2. The van der Waals surface area contributed by atoms with Crippen molar-refractivity contribution in [3.05, 3.63) is 35.4 Å². The Hall–Kier alpha value is -0.860. The van der Waals surface area contributed by atoms with Crippen LogP contribution >= 0.6 is 0 Å². The third-order valence-electron chi connectivity index (χ3n) is 4.34. The molecule has 18 heavy (non-hydrogen) atoms. The van der Waals surface area contributed by atoms with Crippen molar-refractivity contribution in [1.29, 1.82) is 0 Å². The molecule has 2 nitrogen and oxygen atoms in total. The second-order valence-electron chi connectivity index (χ2n) is 6.00. The lowest BCUT2D eigenvalue weighted by molar-refractivity contribution is 0.0453. The van der Waals surface area contributed by atoms with Crippen molar-refractivity contribution in [3.8, 4) is 0 Å². The van der Waals surface area contributed by atoms with E-state index in [1.165, 1.54) is 17.5 Å². The molecule has 1 heterocycles. The molecule has 0 aromatic heterocycles. The Morgan fingerprint density at radius 3 is 2.61 bits per heavy atom. The van der Waals surface area contributed by atoms with Gasteiger partial charge in [-0.15, -0.1) is 0 Å². The van der Waals surface area contributed by atoms with Gasteiger partial charge in [-0.1, -0.05) is 36.8 Å². The maximum Gasteiger partial charge on any atom is 0.0307 e. The molecule has 0 amide bonds. The predicted octanol–water partition coefficient (Wildman–Crippen LogP) is 2.96. The van der Waals surface area contributed by atoms with Gasteiger partial charge in [0.2, 0.25) is 0 Å². The summed E-state index contributed by atoms with van der Waals surface area (Å²) in [4.78, 5) is 2.64. The normalized spacial score (nSPS) is 29.4. The second-order valence-corrected chi connectivity index (χ2v) is 6.00. The lowest BCUT2D eigenvalue weighted by Gasteiger charge is -2.47. The molecular weight excluding hydrogens is 220 g/mol. The van der Waals surface area contributed by atoms with Gasteiger partial charge in [-0.25, -0.2) is 0 Å². The summed E-state index contributed by atoms with van der Waals surface area (Å²) in [5.74, 6) is 0. The molecule has 1 aliphatic heterocycles. The minimum atomic E-state index is 0.289. The molecule has 1 aromatic rings. The Morgan fingerprint density at radius 1 is 1.33 bits per heavy atom. The lowest BCUT2D eigenvalue weighted by atomic mass is 9.91. The van der Waals surface area contributed by atoms with E-state index in [1.54, 1.807) is 0 Å². The Kier molecular flexibility index (Phi) is 4.08. The van der Waals surface area contributed by atoms with Gasteiger partial charge in [0.1, 0.15) is 0 Å². The van der Waals surface area contributed by atoms with Crippen LogP contribution in [0.5, 0.6) is 0 Å². The average Bonchev–Trinajstić information content (AvgIpc) is 2.37. The largest absolute Gasteiger partial charge is 0.311 e. The number of rotatable bonds is 3. The SMILES string of the molecule is CCC1(C)CNC(C)CN1Cc1ccc(C)cc1. The van der Waals surface area contributed by atoms with Crippen LogP contribution in [0.25, 0.3) is 0 Å². The molecule has 1 aliphatic rings. The van der Waals surface area contributed by atoms with E-state index in [0.29, 0.717) is 6.04 Å². The fraction of sp³-hybridized carbons (Fsp3) is 0.625. The summed E-state index contributed by atoms with van der Waals surface area (Å²) < 4.78 is 0. The van der Waals surface area contributed by atoms with Crippen molar-refractivity contribution in [2.45, 2.75) is 52.2 Å². The van der Waals surface area contributed by atoms with Crippen molar-refractivity contribution in [1.82, 2.24) is 10.2 Å². The average molecular weight is 246 g/mol. The van der Waals surface area contributed by atoms with E-state index in [0.717, 1.165) is 19.6 Å². The molecule has 2 unspecified atom stereocenters. The van der Waals surface area contributed by atoms with E-state index < -0.39 is 0 Å². The monoisotopic (exact) mass is 246 g/mol. The molecule has 2 rings (SSSR count). The maximum atomic E-state index is 3.61. The minimum absolute atomic E-state index is 0.289. The zero-order valence-electron chi connectivity index (χ0n) is 12.2. The fourth-order valence-electron chi connectivity index (χ4n) is 2.64. The number of nitrogens with zero attached hydrogens (tertiary/aromatic N) is 1. The Bertz CT molecular complexity index is 385. The molecule has 0 spiro atoms. The van der Waals surface area contributed by atoms with Gasteiger partial charge in [0, 0.05) is 31.2 Å². The van der Waals surface area contributed by atoms with Gasteiger partial charge in [0.05, 0.1) is 0 Å². The fourth-order valence-corrected chi connectivity index (χ4v) is 2.64. The van der Waals surface area contributed by atoms with Gasteiger partial charge >= 0.3 is 0 Å². The van der Waals surface area contributed by atoms with Crippen molar-refractivity contribution in [2.75, 3.05) is 13.1 Å². The van der Waals surface area contributed by atoms with Crippen molar-refractivity contribution < 1.29 is 0 Å². The zero-order valence-corrected chi connectivity index (χ0v) is 12.2. The molecule has 100 valence electrons. The van der Waals surface area contributed by atoms with Crippen molar-refractivity contribution in [3.63, 3.8) is 0 Å². The quantitative estimate of drug-likeness (QED) is 0.882. The molecule has 2 heteroatoms. The van der Waals surface area contributed by atoms with Gasteiger partial charge in [0.25, 0.3) is 0 Å². The van der Waals surface area contributed by atoms with Crippen molar-refractivity contribution >= 4 is 0 Å². The molecule has 2 atom stereocenters. The van der Waals surface area contributed by atoms with Gasteiger partial charge in [-0.2, -0.15) is 0 Å². The van der Waals surface area contributed by atoms with Crippen LogP contribution in [-0.2, 0) is 6.54 Å². The maximum absolute atomic E-state index is 3.61. The van der Waals surface area contributed by atoms with Gasteiger partial charge in [0.15, 0.2) is 0 Å². The first-order valence-electron chi connectivity index (χ1n) is 7.07. The Labute approximate surface area is 111 Å². The highest BCUT2D eigenvalue weighted by molar-refractivity contribution is 5.21. The van der Waals surface area contributed by atoms with E-state index in [1.807, 2.05) is 0 Å². The summed E-state index contributed by atoms with van der Waals surface area (Å²) in [5, 5.41) is 3.61. The summed E-state index contributed by atoms with van der Waals surface area (Å²) >= 11 is 0. The third-order valence-corrected chi connectivity index (χ3v) is 4.34. The highest BCUT2D eigenvalue weighted by Crippen LogP contribution is 2.25. The first kappa shape index (κ1) is 13.6. The smallest absolute Gasteiger partial charge is 0.0307 e. The van der Waals surface area contributed by atoms with E-state index >= 15 is 0 Å². The summed E-state index contributed by atoms with van der Waals surface area (Å²) in [5.41, 5.74) is 3.05. The van der Waals surface area contributed by atoms with Crippen LogP contribution in [0.3, 0.4) is 0 Å². The van der Waals surface area contributed by atoms with Crippen LogP contribution in [0.1, 0.15) is 38.3 Å². The van der Waals surface area contributed by atoms with E-state index in [-0.39, 0.29) is 5.54 Å². The molecule has 1 saturated heterocycles. The highest BCUT2D eigenvalue weighted by Gasteiger charge is 2.34. The van der Waals surface area contributed by atoms with E-state index in [4.69, 9.17) is 0 Å². The number of nitrogens with one attached hydrogen (secondary N) is 1. The Balaban J connectivity index is 2.11. The van der Waals surface area contributed by atoms with Gasteiger partial charge < -0.3 is 5.32 Å². The first-order chi connectivity index (χ1) is 8.53. The highest BCUT2D eigenvalue weighted by atomic mass is 15.3. The summed E-state index contributed by atoms with van der Waals surface area (Å²) in [6, 6.07) is 9.54. The van der Waals surface area contributed by atoms with Crippen LogP contribution in [0, 0.1) is 6.92 Å². The molecule has 0 saturated carbocycles. The number of aryl methyl sites for hydroxylation is 1. The van der Waals surface area contributed by atoms with Crippen LogP contribution in [0.4, 0.5) is 0 Å². The topological polar surface area (TPSA) is 15.3 Å². The summed E-state index contributed by atoms with van der Waals surface area (Å²) in [6.07, 6.45) is 1.19. The molecule has 0 aliphatic carbocycles. The third kappa shape index (κ3) is 2.93. The second kappa shape index (κ2) is 5.41. The molecular formula is C16H26N2. The molecule has 0 radical (unpaired) electrons. The van der Waals surface area contributed by atoms with Crippen LogP contribution in [0.15, 0.2) is 24.3 Å². The van der Waals surface area contributed by atoms with Crippen LogP contribution in [-0.4, -0.2) is 29.6 Å². The number of benzene rings is 1. The van der Waals surface area contributed by atoms with Gasteiger partial charge in [-0.05, 0) is 32.8 Å². The summed E-state index contributed by atoms with van der Waals surface area (Å²) in [7, 11) is 0. The first-order valence-corrected chi connectivity index (χ1v) is 7.07. The molecule has 0 bridgehead atoms. The molecule has 1 aromatic carbocycles.